The van der Waals surface area contributed by atoms with Crippen molar-refractivity contribution in [2.75, 3.05) is 5.32 Å². The van der Waals surface area contributed by atoms with Gasteiger partial charge in [-0.25, -0.2) is 4.79 Å². The molecule has 3 nitrogen and oxygen atoms in total. The summed E-state index contributed by atoms with van der Waals surface area (Å²) in [5, 5.41) is 12.4. The summed E-state index contributed by atoms with van der Waals surface area (Å²) in [5.41, 5.74) is 1.34. The quantitative estimate of drug-likeness (QED) is 0.829. The Morgan fingerprint density at radius 2 is 1.94 bits per heavy atom. The summed E-state index contributed by atoms with van der Waals surface area (Å²) in [6, 6.07) is 7.31. The Bertz CT molecular complexity index is 407. The lowest BCUT2D eigenvalue weighted by Crippen LogP contribution is -2.19. The van der Waals surface area contributed by atoms with E-state index in [1.54, 1.807) is 12.1 Å². The second-order valence-electron chi connectivity index (χ2n) is 6.00. The third kappa shape index (κ3) is 4.78. The standard InChI is InChI=1S/C15H23NO2/c1-11(9-10-15(2,3)4)16-13-8-6-5-7-12(13)14(17)18/h5-8,11,16H,9-10H2,1-4H3,(H,17,18). The van der Waals surface area contributed by atoms with Crippen molar-refractivity contribution in [3.63, 3.8) is 0 Å². The fourth-order valence-corrected chi connectivity index (χ4v) is 1.78. The van der Waals surface area contributed by atoms with E-state index in [9.17, 15) is 4.79 Å². The number of carbonyl (C=O) groups is 1. The van der Waals surface area contributed by atoms with Gasteiger partial charge >= 0.3 is 5.97 Å². The Morgan fingerprint density at radius 3 is 2.50 bits per heavy atom. The van der Waals surface area contributed by atoms with Crippen molar-refractivity contribution in [1.29, 1.82) is 0 Å². The SMILES string of the molecule is CC(CCC(C)(C)C)Nc1ccccc1C(=O)O. The molecule has 1 aromatic rings. The first-order valence-corrected chi connectivity index (χ1v) is 6.38. The fourth-order valence-electron chi connectivity index (χ4n) is 1.78. The highest BCUT2D eigenvalue weighted by Gasteiger charge is 2.14. The minimum atomic E-state index is -0.888. The molecule has 0 aliphatic heterocycles. The number of carboxylic acid groups (broad SMARTS) is 1. The molecule has 100 valence electrons. The minimum absolute atomic E-state index is 0.268. The maximum Gasteiger partial charge on any atom is 0.337 e. The van der Waals surface area contributed by atoms with E-state index in [1.807, 2.05) is 12.1 Å². The van der Waals surface area contributed by atoms with Crippen LogP contribution in [0.2, 0.25) is 0 Å². The van der Waals surface area contributed by atoms with Gasteiger partial charge in [-0.1, -0.05) is 32.9 Å². The van der Waals surface area contributed by atoms with Crippen molar-refractivity contribution in [1.82, 2.24) is 0 Å². The number of para-hydroxylation sites is 1. The monoisotopic (exact) mass is 249 g/mol. The molecule has 0 aliphatic rings. The first kappa shape index (κ1) is 14.6. The van der Waals surface area contributed by atoms with Gasteiger partial charge in [-0.2, -0.15) is 0 Å². The Kier molecular flexibility index (Phi) is 4.76. The van der Waals surface area contributed by atoms with Crippen LogP contribution in [0.15, 0.2) is 24.3 Å². The van der Waals surface area contributed by atoms with Crippen LogP contribution in [0.1, 0.15) is 50.9 Å². The molecule has 0 aliphatic carbocycles. The van der Waals surface area contributed by atoms with Crippen molar-refractivity contribution < 1.29 is 9.90 Å². The van der Waals surface area contributed by atoms with Gasteiger partial charge in [-0.05, 0) is 37.3 Å². The predicted octanol–water partition coefficient (Wildman–Crippen LogP) is 4.01. The van der Waals surface area contributed by atoms with Gasteiger partial charge in [0.05, 0.1) is 5.56 Å². The van der Waals surface area contributed by atoms with Crippen molar-refractivity contribution in [2.45, 2.75) is 46.6 Å². The van der Waals surface area contributed by atoms with E-state index < -0.39 is 5.97 Å². The lowest BCUT2D eigenvalue weighted by molar-refractivity contribution is 0.0698. The molecule has 0 bridgehead atoms. The number of benzene rings is 1. The fraction of sp³-hybridized carbons (Fsp3) is 0.533. The van der Waals surface area contributed by atoms with Crippen molar-refractivity contribution in [3.05, 3.63) is 29.8 Å². The second-order valence-corrected chi connectivity index (χ2v) is 6.00. The molecule has 0 fully saturated rings. The van der Waals surface area contributed by atoms with E-state index in [4.69, 9.17) is 5.11 Å². The average molecular weight is 249 g/mol. The number of carboxylic acids is 1. The van der Waals surface area contributed by atoms with Gasteiger partial charge in [-0.3, -0.25) is 0 Å². The summed E-state index contributed by atoms with van der Waals surface area (Å²) in [4.78, 5) is 11.1. The van der Waals surface area contributed by atoms with Crippen LogP contribution < -0.4 is 5.32 Å². The molecule has 0 amide bonds. The number of hydrogen-bond acceptors (Lipinski definition) is 2. The van der Waals surface area contributed by atoms with Gasteiger partial charge in [0, 0.05) is 11.7 Å². The van der Waals surface area contributed by atoms with Crippen LogP contribution >= 0.6 is 0 Å². The third-order valence-electron chi connectivity index (χ3n) is 2.89. The van der Waals surface area contributed by atoms with Crippen LogP contribution in [-0.2, 0) is 0 Å². The van der Waals surface area contributed by atoms with Crippen molar-refractivity contribution in [2.24, 2.45) is 5.41 Å². The molecular weight excluding hydrogens is 226 g/mol. The second kappa shape index (κ2) is 5.89. The van der Waals surface area contributed by atoms with Crippen LogP contribution in [0.3, 0.4) is 0 Å². The maximum atomic E-state index is 11.1. The molecule has 1 unspecified atom stereocenters. The summed E-state index contributed by atoms with van der Waals surface area (Å²) >= 11 is 0. The van der Waals surface area contributed by atoms with E-state index in [0.717, 1.165) is 12.8 Å². The summed E-state index contributed by atoms with van der Waals surface area (Å²) in [7, 11) is 0. The molecule has 0 heterocycles. The van der Waals surface area contributed by atoms with Crippen molar-refractivity contribution >= 4 is 11.7 Å². The lowest BCUT2D eigenvalue weighted by Gasteiger charge is -2.22. The van der Waals surface area contributed by atoms with Gasteiger partial charge in [0.15, 0.2) is 0 Å². The normalized spacial score (nSPS) is 13.1. The molecule has 0 radical (unpaired) electrons. The molecule has 0 spiro atoms. The van der Waals surface area contributed by atoms with Crippen LogP contribution in [0.5, 0.6) is 0 Å². The molecule has 3 heteroatoms. The highest BCUT2D eigenvalue weighted by Crippen LogP contribution is 2.23. The lowest BCUT2D eigenvalue weighted by atomic mass is 9.89. The van der Waals surface area contributed by atoms with Crippen molar-refractivity contribution in [3.8, 4) is 0 Å². The highest BCUT2D eigenvalue weighted by molar-refractivity contribution is 5.94. The van der Waals surface area contributed by atoms with Gasteiger partial charge in [0.2, 0.25) is 0 Å². The van der Waals surface area contributed by atoms with E-state index >= 15 is 0 Å². The largest absolute Gasteiger partial charge is 0.478 e. The molecule has 1 rings (SSSR count). The zero-order valence-corrected chi connectivity index (χ0v) is 11.7. The Morgan fingerprint density at radius 1 is 1.33 bits per heavy atom. The van der Waals surface area contributed by atoms with Crippen LogP contribution in [0.25, 0.3) is 0 Å². The molecule has 0 saturated carbocycles. The van der Waals surface area contributed by atoms with E-state index in [1.165, 1.54) is 0 Å². The van der Waals surface area contributed by atoms with Crippen LogP contribution in [-0.4, -0.2) is 17.1 Å². The molecule has 1 aromatic carbocycles. The molecule has 2 N–H and O–H groups in total. The first-order chi connectivity index (χ1) is 8.29. The zero-order valence-electron chi connectivity index (χ0n) is 11.7. The van der Waals surface area contributed by atoms with Crippen LogP contribution in [0, 0.1) is 5.41 Å². The van der Waals surface area contributed by atoms with E-state index in [0.29, 0.717) is 16.7 Å². The Balaban J connectivity index is 2.64. The number of anilines is 1. The summed E-state index contributed by atoms with van der Waals surface area (Å²) in [6.45, 7) is 8.73. The summed E-state index contributed by atoms with van der Waals surface area (Å²) in [6.07, 6.45) is 2.13. The molecule has 0 aromatic heterocycles. The number of nitrogens with one attached hydrogen (secondary N) is 1. The summed E-state index contributed by atoms with van der Waals surface area (Å²) in [5.74, 6) is -0.888. The average Bonchev–Trinajstić information content (AvgIpc) is 2.26. The molecule has 18 heavy (non-hydrogen) atoms. The van der Waals surface area contributed by atoms with Gasteiger partial charge in [0.25, 0.3) is 0 Å². The molecule has 0 saturated heterocycles. The number of rotatable bonds is 5. The molecule has 1 atom stereocenters. The minimum Gasteiger partial charge on any atom is -0.478 e. The van der Waals surface area contributed by atoms with Gasteiger partial charge in [-0.15, -0.1) is 0 Å². The Labute approximate surface area is 109 Å². The van der Waals surface area contributed by atoms with Gasteiger partial charge in [0.1, 0.15) is 0 Å². The predicted molar refractivity (Wildman–Crippen MR) is 75.2 cm³/mol. The van der Waals surface area contributed by atoms with Crippen LogP contribution in [0.4, 0.5) is 5.69 Å². The Hall–Kier alpha value is -1.51. The van der Waals surface area contributed by atoms with Gasteiger partial charge < -0.3 is 10.4 Å². The number of aromatic carboxylic acids is 1. The van der Waals surface area contributed by atoms with E-state index in [2.05, 4.69) is 33.0 Å². The topological polar surface area (TPSA) is 49.3 Å². The number of hydrogen-bond donors (Lipinski definition) is 2. The summed E-state index contributed by atoms with van der Waals surface area (Å²) < 4.78 is 0. The molecular formula is C15H23NO2. The zero-order chi connectivity index (χ0) is 13.8. The highest BCUT2D eigenvalue weighted by atomic mass is 16.4. The third-order valence-corrected chi connectivity index (χ3v) is 2.89. The smallest absolute Gasteiger partial charge is 0.337 e. The van der Waals surface area contributed by atoms with E-state index in [-0.39, 0.29) is 6.04 Å². The maximum absolute atomic E-state index is 11.1. The first-order valence-electron chi connectivity index (χ1n) is 6.38.